The van der Waals surface area contributed by atoms with Crippen molar-refractivity contribution >= 4 is 12.2 Å². The summed E-state index contributed by atoms with van der Waals surface area (Å²) in [6.07, 6.45) is 6.06. The van der Waals surface area contributed by atoms with E-state index < -0.39 is 5.97 Å². The number of fused-ring (bicyclic) bond motifs is 5. The zero-order valence-electron chi connectivity index (χ0n) is 23.2. The highest BCUT2D eigenvalue weighted by molar-refractivity contribution is 5.91. The molecule has 2 heterocycles. The van der Waals surface area contributed by atoms with Gasteiger partial charge in [0, 0.05) is 26.2 Å². The summed E-state index contributed by atoms with van der Waals surface area (Å²) in [4.78, 5) is 23.8. The van der Waals surface area contributed by atoms with Crippen LogP contribution in [0.4, 0.5) is 0 Å². The van der Waals surface area contributed by atoms with Crippen molar-refractivity contribution in [2.45, 2.75) is 38.2 Å². The van der Waals surface area contributed by atoms with Crippen molar-refractivity contribution in [1.82, 2.24) is 9.80 Å². The van der Waals surface area contributed by atoms with Crippen molar-refractivity contribution < 1.29 is 28.6 Å². The number of benzene rings is 2. The van der Waals surface area contributed by atoms with Crippen LogP contribution in [0.15, 0.2) is 47.6 Å². The number of carbonyl (C=O) groups excluding carboxylic acids is 1. The average Bonchev–Trinajstić information content (AvgIpc) is 3.20. The van der Waals surface area contributed by atoms with Crippen LogP contribution in [0.5, 0.6) is 17.2 Å². The Morgan fingerprint density at radius 2 is 1.59 bits per heavy atom. The number of esters is 1. The molecule has 3 atom stereocenters. The van der Waals surface area contributed by atoms with Gasteiger partial charge >= 0.3 is 5.97 Å². The van der Waals surface area contributed by atoms with Gasteiger partial charge in [-0.05, 0) is 62.9 Å². The van der Waals surface area contributed by atoms with Crippen LogP contribution in [0, 0.1) is 0 Å². The van der Waals surface area contributed by atoms with Crippen LogP contribution >= 0.6 is 0 Å². The predicted molar refractivity (Wildman–Crippen MR) is 150 cm³/mol. The summed E-state index contributed by atoms with van der Waals surface area (Å²) >= 11 is 0. The fraction of sp³-hybridized carbons (Fsp3) is 0.533. The lowest BCUT2D eigenvalue weighted by atomic mass is 10.1. The third kappa shape index (κ3) is 8.86. The fourth-order valence-corrected chi connectivity index (χ4v) is 4.95. The van der Waals surface area contributed by atoms with Gasteiger partial charge in [0.05, 0.1) is 39.2 Å². The molecule has 0 amide bonds. The molecular formula is C30H41N3O6. The molecule has 9 heteroatoms. The van der Waals surface area contributed by atoms with Crippen LogP contribution in [-0.2, 0) is 9.57 Å². The van der Waals surface area contributed by atoms with E-state index in [1.165, 1.54) is 7.11 Å². The van der Waals surface area contributed by atoms with Crippen LogP contribution < -0.4 is 14.2 Å². The number of cyclic esters (lactones) is 1. The second-order valence-electron chi connectivity index (χ2n) is 9.89. The standard InChI is InChI=1S/C30H41N3O6/c1-35-27-21-25-22-28(29(27)36-2)37-19-6-11-26(39-31-23-24-9-4-3-5-10-24)12-16-33-14-7-13-32(17-18-33)15-8-20-38-30(25)34/h3-5,9-10,21-23,26H,6-8,11-20H2,1-2H3/b31-23-. The molecule has 2 aliphatic rings. The number of ether oxygens (including phenoxy) is 4. The maximum atomic E-state index is 12.8. The minimum absolute atomic E-state index is 0.0345. The van der Waals surface area contributed by atoms with Crippen LogP contribution in [0.1, 0.15) is 48.0 Å². The summed E-state index contributed by atoms with van der Waals surface area (Å²) in [5.41, 5.74) is 1.38. The van der Waals surface area contributed by atoms with E-state index in [2.05, 4.69) is 15.0 Å². The molecule has 3 unspecified atom stereocenters. The number of carbonyl (C=O) groups is 1. The molecule has 39 heavy (non-hydrogen) atoms. The highest BCUT2D eigenvalue weighted by Gasteiger charge is 2.21. The molecule has 0 aliphatic carbocycles. The van der Waals surface area contributed by atoms with Crippen molar-refractivity contribution in [3.05, 3.63) is 53.6 Å². The largest absolute Gasteiger partial charge is 0.493 e. The zero-order valence-corrected chi connectivity index (χ0v) is 23.2. The molecule has 2 aliphatic heterocycles. The Morgan fingerprint density at radius 3 is 2.36 bits per heavy atom. The Hall–Kier alpha value is -3.30. The van der Waals surface area contributed by atoms with E-state index in [-0.39, 0.29) is 6.10 Å². The molecule has 2 aromatic rings. The van der Waals surface area contributed by atoms with Crippen LogP contribution in [0.3, 0.4) is 0 Å². The van der Waals surface area contributed by atoms with Gasteiger partial charge in [0.1, 0.15) is 6.10 Å². The van der Waals surface area contributed by atoms with Crippen molar-refractivity contribution in [3.8, 4) is 17.2 Å². The topological polar surface area (TPSA) is 82.1 Å². The van der Waals surface area contributed by atoms with Gasteiger partial charge in [-0.3, -0.25) is 0 Å². The molecule has 0 N–H and O–H groups in total. The van der Waals surface area contributed by atoms with E-state index in [4.69, 9.17) is 23.8 Å². The molecule has 0 spiro atoms. The molecule has 212 valence electrons. The van der Waals surface area contributed by atoms with Gasteiger partial charge in [0.25, 0.3) is 0 Å². The van der Waals surface area contributed by atoms with Gasteiger partial charge < -0.3 is 33.6 Å². The number of nitrogens with zero attached hydrogens (tertiary/aromatic N) is 3. The molecule has 1 fully saturated rings. The Bertz CT molecular complexity index is 1060. The third-order valence-corrected chi connectivity index (χ3v) is 7.12. The Morgan fingerprint density at radius 1 is 0.846 bits per heavy atom. The molecule has 0 radical (unpaired) electrons. The summed E-state index contributed by atoms with van der Waals surface area (Å²) < 4.78 is 22.7. The minimum atomic E-state index is -0.398. The number of methoxy groups -OCH3 is 2. The van der Waals surface area contributed by atoms with E-state index in [9.17, 15) is 4.79 Å². The van der Waals surface area contributed by atoms with Gasteiger partial charge in [-0.2, -0.15) is 0 Å². The predicted octanol–water partition coefficient (Wildman–Crippen LogP) is 4.24. The average molecular weight is 540 g/mol. The van der Waals surface area contributed by atoms with Gasteiger partial charge in [0.15, 0.2) is 11.5 Å². The summed E-state index contributed by atoms with van der Waals surface area (Å²) in [7, 11) is 3.10. The highest BCUT2D eigenvalue weighted by Crippen LogP contribution is 2.38. The fourth-order valence-electron chi connectivity index (χ4n) is 4.95. The molecule has 4 bridgehead atoms. The first-order chi connectivity index (χ1) is 19.2. The van der Waals surface area contributed by atoms with Crippen molar-refractivity contribution in [1.29, 1.82) is 0 Å². The molecule has 9 nitrogen and oxygen atoms in total. The van der Waals surface area contributed by atoms with Crippen LogP contribution in [-0.4, -0.2) is 94.8 Å². The Balaban J connectivity index is 1.48. The molecular weight excluding hydrogens is 498 g/mol. The van der Waals surface area contributed by atoms with Gasteiger partial charge in [0.2, 0.25) is 5.75 Å². The summed E-state index contributed by atoms with van der Waals surface area (Å²) in [6.45, 7) is 6.83. The second-order valence-corrected chi connectivity index (χ2v) is 9.89. The van der Waals surface area contributed by atoms with E-state index >= 15 is 0 Å². The SMILES string of the molecule is COc1cc2cc(c1OC)OCCCC(O/N=C\c1ccccc1)CCN1CCCN(CCCOC2=O)CC1. The number of rotatable bonds is 5. The molecule has 2 aromatic carbocycles. The smallest absolute Gasteiger partial charge is 0.338 e. The van der Waals surface area contributed by atoms with Crippen molar-refractivity contribution in [2.75, 3.05) is 66.7 Å². The quantitative estimate of drug-likeness (QED) is 0.317. The third-order valence-electron chi connectivity index (χ3n) is 7.12. The molecule has 1 saturated heterocycles. The monoisotopic (exact) mass is 539 g/mol. The zero-order chi connectivity index (χ0) is 27.3. The lowest BCUT2D eigenvalue weighted by Gasteiger charge is -2.23. The van der Waals surface area contributed by atoms with Gasteiger partial charge in [-0.15, -0.1) is 0 Å². The summed E-state index contributed by atoms with van der Waals surface area (Å²) in [6, 6.07) is 13.3. The van der Waals surface area contributed by atoms with Crippen LogP contribution in [0.2, 0.25) is 0 Å². The first-order valence-corrected chi connectivity index (χ1v) is 13.9. The molecule has 0 saturated carbocycles. The highest BCUT2D eigenvalue weighted by atomic mass is 16.6. The molecule has 4 rings (SSSR count). The van der Waals surface area contributed by atoms with E-state index in [1.807, 2.05) is 30.3 Å². The Labute approximate surface area is 231 Å². The van der Waals surface area contributed by atoms with E-state index in [0.717, 1.165) is 76.9 Å². The van der Waals surface area contributed by atoms with Crippen LogP contribution in [0.25, 0.3) is 0 Å². The number of oxime groups is 1. The number of hydrogen-bond donors (Lipinski definition) is 0. The Kier molecular flexibility index (Phi) is 11.3. The van der Waals surface area contributed by atoms with E-state index in [0.29, 0.717) is 36.0 Å². The lowest BCUT2D eigenvalue weighted by molar-refractivity contribution is 0.0363. The molecule has 0 aromatic heterocycles. The van der Waals surface area contributed by atoms with Crippen molar-refractivity contribution in [2.24, 2.45) is 5.16 Å². The maximum Gasteiger partial charge on any atom is 0.338 e. The number of hydrogen-bond acceptors (Lipinski definition) is 9. The lowest BCUT2D eigenvalue weighted by Crippen LogP contribution is -2.33. The first-order valence-electron chi connectivity index (χ1n) is 13.9. The summed E-state index contributed by atoms with van der Waals surface area (Å²) in [5, 5.41) is 4.31. The minimum Gasteiger partial charge on any atom is -0.493 e. The van der Waals surface area contributed by atoms with E-state index in [1.54, 1.807) is 25.5 Å². The van der Waals surface area contributed by atoms with Crippen molar-refractivity contribution in [3.63, 3.8) is 0 Å². The van der Waals surface area contributed by atoms with Gasteiger partial charge in [-0.25, -0.2) is 4.79 Å². The maximum absolute atomic E-state index is 12.8. The second kappa shape index (κ2) is 15.3. The normalized spacial score (nSPS) is 23.4. The summed E-state index contributed by atoms with van der Waals surface area (Å²) in [5.74, 6) is 0.935. The first kappa shape index (κ1) is 28.7. The van der Waals surface area contributed by atoms with Gasteiger partial charge in [-0.1, -0.05) is 35.5 Å².